The summed E-state index contributed by atoms with van der Waals surface area (Å²) in [5, 5.41) is 20.2. The molecule has 0 spiro atoms. The summed E-state index contributed by atoms with van der Waals surface area (Å²) in [6.07, 6.45) is 2.02. The molecule has 1 heterocycles. The number of hydrogen-bond donors (Lipinski definition) is 1. The summed E-state index contributed by atoms with van der Waals surface area (Å²) >= 11 is 5.76. The van der Waals surface area contributed by atoms with Crippen molar-refractivity contribution in [2.24, 2.45) is 0 Å². The molecule has 0 atom stereocenters. The Kier molecular flexibility index (Phi) is 5.75. The molecule has 0 radical (unpaired) electrons. The number of likely N-dealkylation sites (tertiary alicyclic amines) is 1. The predicted molar refractivity (Wildman–Crippen MR) is 94.7 cm³/mol. The number of carbonyl (C=O) groups excluding carboxylic acids is 1. The van der Waals surface area contributed by atoms with Gasteiger partial charge in [0.1, 0.15) is 5.60 Å². The topological polar surface area (TPSA) is 92.9 Å². The minimum Gasteiger partial charge on any atom is -0.501 e. The van der Waals surface area contributed by atoms with Gasteiger partial charge in [0, 0.05) is 18.7 Å². The summed E-state index contributed by atoms with van der Waals surface area (Å²) in [6, 6.07) is 1.15. The minimum absolute atomic E-state index is 0.0692. The van der Waals surface area contributed by atoms with Gasteiger partial charge >= 0.3 is 11.8 Å². The molecule has 1 N–H and O–H groups in total. The molecule has 0 bridgehead atoms. The minimum atomic E-state index is -1.14. The van der Waals surface area contributed by atoms with Gasteiger partial charge in [0.2, 0.25) is 11.6 Å². The number of nitro benzene ring substituents is 1. The average Bonchev–Trinajstić information content (AvgIpc) is 2.51. The van der Waals surface area contributed by atoms with Crippen LogP contribution in [-0.4, -0.2) is 39.7 Å². The summed E-state index contributed by atoms with van der Waals surface area (Å²) in [5.74, 6) is -2.03. The number of ether oxygens (including phenoxy) is 1. The Hall–Kier alpha value is -2.35. The number of nitro groups is 1. The fourth-order valence-corrected chi connectivity index (χ4v) is 2.77. The van der Waals surface area contributed by atoms with Crippen LogP contribution < -0.4 is 0 Å². The number of amides is 1. The van der Waals surface area contributed by atoms with E-state index in [4.69, 9.17) is 16.3 Å². The lowest BCUT2D eigenvalue weighted by Crippen LogP contribution is -2.40. The second-order valence-electron chi connectivity index (χ2n) is 6.99. The molecule has 1 fully saturated rings. The van der Waals surface area contributed by atoms with Crippen LogP contribution in [0.1, 0.15) is 39.2 Å². The Labute approximate surface area is 155 Å². The smallest absolute Gasteiger partial charge is 0.410 e. The zero-order chi connectivity index (χ0) is 19.6. The Morgan fingerprint density at radius 1 is 1.42 bits per heavy atom. The summed E-state index contributed by atoms with van der Waals surface area (Å²) in [5.41, 5.74) is -0.881. The van der Waals surface area contributed by atoms with Crippen molar-refractivity contribution in [3.05, 3.63) is 38.2 Å². The number of rotatable bonds is 2. The van der Waals surface area contributed by atoms with Crippen LogP contribution in [0.2, 0.25) is 5.02 Å². The Morgan fingerprint density at radius 2 is 2.00 bits per heavy atom. The standard InChI is InChI=1S/C17H20ClFN2O5/c1-17(2,3)26-16(23)20-6-4-10(5-7-20)8-11-9-12(18)15(22)14(13(11)19)21(24)25/h8-9,22H,4-7H2,1-3H3. The van der Waals surface area contributed by atoms with Crippen molar-refractivity contribution in [1.29, 1.82) is 0 Å². The molecule has 1 aromatic rings. The van der Waals surface area contributed by atoms with Gasteiger partial charge in [-0.3, -0.25) is 10.1 Å². The monoisotopic (exact) mass is 386 g/mol. The molecule has 7 nitrogen and oxygen atoms in total. The van der Waals surface area contributed by atoms with E-state index in [9.17, 15) is 24.4 Å². The molecule has 0 aromatic heterocycles. The molecule has 1 amide bonds. The zero-order valence-electron chi connectivity index (χ0n) is 14.7. The largest absolute Gasteiger partial charge is 0.501 e. The van der Waals surface area contributed by atoms with Crippen molar-refractivity contribution in [2.45, 2.75) is 39.2 Å². The third-order valence-corrected chi connectivity index (χ3v) is 4.08. The van der Waals surface area contributed by atoms with E-state index in [0.29, 0.717) is 25.9 Å². The molecule has 9 heteroatoms. The van der Waals surface area contributed by atoms with E-state index in [1.165, 1.54) is 6.08 Å². The molecular weight excluding hydrogens is 367 g/mol. The van der Waals surface area contributed by atoms with Gasteiger partial charge < -0.3 is 14.7 Å². The Balaban J connectivity index is 2.16. The third kappa shape index (κ3) is 4.63. The van der Waals surface area contributed by atoms with Gasteiger partial charge in [-0.2, -0.15) is 4.39 Å². The molecule has 2 rings (SSSR count). The van der Waals surface area contributed by atoms with Crippen molar-refractivity contribution in [3.8, 4) is 5.75 Å². The van der Waals surface area contributed by atoms with E-state index in [0.717, 1.165) is 11.6 Å². The molecule has 0 saturated carbocycles. The summed E-state index contributed by atoms with van der Waals surface area (Å²) in [6.45, 7) is 6.14. The van der Waals surface area contributed by atoms with Crippen LogP contribution in [0.3, 0.4) is 0 Å². The van der Waals surface area contributed by atoms with Crippen molar-refractivity contribution in [3.63, 3.8) is 0 Å². The lowest BCUT2D eigenvalue weighted by atomic mass is 10.0. The summed E-state index contributed by atoms with van der Waals surface area (Å²) in [4.78, 5) is 23.5. The maximum Gasteiger partial charge on any atom is 0.410 e. The van der Waals surface area contributed by atoms with Gasteiger partial charge in [0.05, 0.1) is 9.95 Å². The van der Waals surface area contributed by atoms with Crippen LogP contribution in [0.25, 0.3) is 6.08 Å². The van der Waals surface area contributed by atoms with Crippen LogP contribution in [0.5, 0.6) is 5.75 Å². The molecule has 1 saturated heterocycles. The van der Waals surface area contributed by atoms with Gasteiger partial charge in [-0.15, -0.1) is 0 Å². The Bertz CT molecular complexity index is 763. The molecule has 142 valence electrons. The van der Waals surface area contributed by atoms with Gasteiger partial charge in [0.25, 0.3) is 0 Å². The van der Waals surface area contributed by atoms with Gasteiger partial charge in [-0.05, 0) is 39.7 Å². The number of hydrogen-bond acceptors (Lipinski definition) is 5. The quantitative estimate of drug-likeness (QED) is 0.596. The number of phenolic OH excluding ortho intramolecular Hbond substituents is 1. The first-order chi connectivity index (χ1) is 12.0. The van der Waals surface area contributed by atoms with E-state index in [1.54, 1.807) is 25.7 Å². The molecule has 0 aliphatic carbocycles. The molecule has 1 aromatic carbocycles. The molecular formula is C17H20ClFN2O5. The normalized spacial score (nSPS) is 15.0. The molecule has 1 aliphatic heterocycles. The fourth-order valence-electron chi connectivity index (χ4n) is 2.56. The number of nitrogens with zero attached hydrogens (tertiary/aromatic N) is 2. The Morgan fingerprint density at radius 3 is 2.50 bits per heavy atom. The van der Waals surface area contributed by atoms with E-state index >= 15 is 0 Å². The lowest BCUT2D eigenvalue weighted by molar-refractivity contribution is -0.388. The van der Waals surface area contributed by atoms with Crippen molar-refractivity contribution in [2.75, 3.05) is 13.1 Å². The number of piperidine rings is 1. The molecule has 0 unspecified atom stereocenters. The number of phenols is 1. The number of benzene rings is 1. The third-order valence-electron chi connectivity index (χ3n) is 3.79. The highest BCUT2D eigenvalue weighted by molar-refractivity contribution is 6.32. The van der Waals surface area contributed by atoms with E-state index in [2.05, 4.69) is 0 Å². The lowest BCUT2D eigenvalue weighted by Gasteiger charge is -2.31. The fraction of sp³-hybridized carbons (Fsp3) is 0.471. The molecule has 1 aliphatic rings. The highest BCUT2D eigenvalue weighted by Gasteiger charge is 2.28. The predicted octanol–water partition coefficient (Wildman–Crippen LogP) is 4.51. The summed E-state index contributed by atoms with van der Waals surface area (Å²) in [7, 11) is 0. The van der Waals surface area contributed by atoms with Crippen LogP contribution in [0.4, 0.5) is 14.9 Å². The molecule has 26 heavy (non-hydrogen) atoms. The van der Waals surface area contributed by atoms with Crippen molar-refractivity contribution >= 4 is 29.5 Å². The zero-order valence-corrected chi connectivity index (χ0v) is 15.5. The summed E-state index contributed by atoms with van der Waals surface area (Å²) < 4.78 is 19.6. The van der Waals surface area contributed by atoms with Crippen LogP contribution in [0, 0.1) is 15.9 Å². The van der Waals surface area contributed by atoms with E-state index < -0.39 is 33.9 Å². The number of aromatic hydroxyl groups is 1. The van der Waals surface area contributed by atoms with E-state index in [1.807, 2.05) is 0 Å². The van der Waals surface area contributed by atoms with Crippen molar-refractivity contribution in [1.82, 2.24) is 4.90 Å². The van der Waals surface area contributed by atoms with E-state index in [-0.39, 0.29) is 10.6 Å². The number of halogens is 2. The first-order valence-electron chi connectivity index (χ1n) is 8.02. The van der Waals surface area contributed by atoms with Gasteiger partial charge in [-0.25, -0.2) is 4.79 Å². The first-order valence-corrected chi connectivity index (χ1v) is 8.40. The first kappa shape index (κ1) is 20.0. The SMILES string of the molecule is CC(C)(C)OC(=O)N1CCC(=Cc2cc(Cl)c(O)c([N+](=O)[O-])c2F)CC1. The highest BCUT2D eigenvalue weighted by Crippen LogP contribution is 2.38. The van der Waals surface area contributed by atoms with Crippen molar-refractivity contribution < 1.29 is 24.0 Å². The average molecular weight is 387 g/mol. The maximum atomic E-state index is 14.3. The van der Waals surface area contributed by atoms with Crippen LogP contribution in [-0.2, 0) is 4.74 Å². The van der Waals surface area contributed by atoms with Crippen LogP contribution >= 0.6 is 11.6 Å². The van der Waals surface area contributed by atoms with Crippen LogP contribution in [0.15, 0.2) is 11.6 Å². The maximum absolute atomic E-state index is 14.3. The second-order valence-corrected chi connectivity index (χ2v) is 7.39. The highest BCUT2D eigenvalue weighted by atomic mass is 35.5. The number of carbonyl (C=O) groups is 1. The second kappa shape index (κ2) is 7.49. The van der Waals surface area contributed by atoms with Gasteiger partial charge in [-0.1, -0.05) is 23.3 Å². The van der Waals surface area contributed by atoms with Gasteiger partial charge in [0.15, 0.2) is 0 Å².